The molecule has 1 N–H and O–H groups in total. The summed E-state index contributed by atoms with van der Waals surface area (Å²) >= 11 is 3.25. The van der Waals surface area contributed by atoms with Crippen LogP contribution < -0.4 is 10.1 Å². The van der Waals surface area contributed by atoms with Gasteiger partial charge in [0, 0.05) is 21.8 Å². The summed E-state index contributed by atoms with van der Waals surface area (Å²) in [5, 5.41) is 2.70. The van der Waals surface area contributed by atoms with Crippen LogP contribution in [0.5, 0.6) is 5.75 Å². The molecule has 0 spiro atoms. The van der Waals surface area contributed by atoms with Crippen molar-refractivity contribution in [1.29, 1.82) is 0 Å². The first kappa shape index (κ1) is 17.1. The number of alkyl halides is 2. The van der Waals surface area contributed by atoms with Crippen molar-refractivity contribution in [3.63, 3.8) is 0 Å². The molecule has 0 heterocycles. The number of carbonyl (C=O) groups is 1. The van der Waals surface area contributed by atoms with Gasteiger partial charge in [-0.3, -0.25) is 4.79 Å². The highest BCUT2D eigenvalue weighted by Crippen LogP contribution is 2.26. The third-order valence-corrected chi connectivity index (χ3v) is 3.38. The van der Waals surface area contributed by atoms with Crippen molar-refractivity contribution in [1.82, 2.24) is 0 Å². The van der Waals surface area contributed by atoms with Gasteiger partial charge in [0.2, 0.25) is 5.91 Å². The number of anilines is 1. The summed E-state index contributed by atoms with van der Waals surface area (Å²) in [6, 6.07) is 11.9. The predicted octanol–water partition coefficient (Wildman–Crippen LogP) is 5.01. The van der Waals surface area contributed by atoms with E-state index in [9.17, 15) is 13.6 Å². The average molecular weight is 382 g/mol. The molecule has 0 fully saturated rings. The first-order chi connectivity index (χ1) is 10.9. The Bertz CT molecular complexity index is 732. The SMILES string of the molecule is Cc1cccc(NC(=O)/C=C/c2cc(Br)ccc2OC(F)F)c1. The van der Waals surface area contributed by atoms with E-state index in [1.54, 1.807) is 18.2 Å². The molecule has 3 nitrogen and oxygen atoms in total. The van der Waals surface area contributed by atoms with Gasteiger partial charge in [0.15, 0.2) is 0 Å². The smallest absolute Gasteiger partial charge is 0.387 e. The monoisotopic (exact) mass is 381 g/mol. The molecule has 0 aliphatic heterocycles. The zero-order valence-corrected chi connectivity index (χ0v) is 13.8. The molecule has 0 atom stereocenters. The highest BCUT2D eigenvalue weighted by atomic mass is 79.9. The number of rotatable bonds is 5. The Morgan fingerprint density at radius 2 is 2.04 bits per heavy atom. The minimum Gasteiger partial charge on any atom is -0.434 e. The first-order valence-corrected chi connectivity index (χ1v) is 7.53. The number of hydrogen-bond acceptors (Lipinski definition) is 2. The normalized spacial score (nSPS) is 11.0. The average Bonchev–Trinajstić information content (AvgIpc) is 2.47. The molecular formula is C17H14BrF2NO2. The molecule has 2 aromatic carbocycles. The van der Waals surface area contributed by atoms with Gasteiger partial charge in [-0.1, -0.05) is 28.1 Å². The zero-order chi connectivity index (χ0) is 16.8. The Morgan fingerprint density at radius 1 is 1.26 bits per heavy atom. The molecule has 0 saturated carbocycles. The van der Waals surface area contributed by atoms with Crippen LogP contribution in [0.2, 0.25) is 0 Å². The van der Waals surface area contributed by atoms with E-state index in [-0.39, 0.29) is 11.7 Å². The van der Waals surface area contributed by atoms with Crippen LogP contribution in [0.4, 0.5) is 14.5 Å². The van der Waals surface area contributed by atoms with Crippen molar-refractivity contribution in [3.05, 3.63) is 64.1 Å². The highest BCUT2D eigenvalue weighted by Gasteiger charge is 2.09. The molecule has 0 bridgehead atoms. The van der Waals surface area contributed by atoms with Gasteiger partial charge in [-0.2, -0.15) is 8.78 Å². The van der Waals surface area contributed by atoms with E-state index >= 15 is 0 Å². The van der Waals surface area contributed by atoms with Gasteiger partial charge in [0.25, 0.3) is 0 Å². The quantitative estimate of drug-likeness (QED) is 0.739. The highest BCUT2D eigenvalue weighted by molar-refractivity contribution is 9.10. The van der Waals surface area contributed by atoms with Crippen LogP contribution in [0.15, 0.2) is 53.0 Å². The fraction of sp³-hybridized carbons (Fsp3) is 0.118. The first-order valence-electron chi connectivity index (χ1n) is 6.74. The van der Waals surface area contributed by atoms with Gasteiger partial charge >= 0.3 is 6.61 Å². The Kier molecular flexibility index (Phi) is 5.87. The molecule has 6 heteroatoms. The molecule has 23 heavy (non-hydrogen) atoms. The fourth-order valence-electron chi connectivity index (χ4n) is 1.93. The van der Waals surface area contributed by atoms with Crippen molar-refractivity contribution in [3.8, 4) is 5.75 Å². The summed E-state index contributed by atoms with van der Waals surface area (Å²) in [6.45, 7) is -1.01. The van der Waals surface area contributed by atoms with E-state index in [0.717, 1.165) is 5.56 Å². The van der Waals surface area contributed by atoms with Gasteiger partial charge < -0.3 is 10.1 Å². The van der Waals surface area contributed by atoms with Crippen LogP contribution in [-0.4, -0.2) is 12.5 Å². The van der Waals surface area contributed by atoms with Gasteiger partial charge in [-0.25, -0.2) is 0 Å². The molecule has 0 aliphatic rings. The molecule has 1 amide bonds. The van der Waals surface area contributed by atoms with Crippen molar-refractivity contribution >= 4 is 33.6 Å². The lowest BCUT2D eigenvalue weighted by atomic mass is 10.2. The van der Waals surface area contributed by atoms with Gasteiger partial charge in [0.1, 0.15) is 5.75 Å². The Balaban J connectivity index is 2.12. The summed E-state index contributed by atoms with van der Waals surface area (Å²) in [7, 11) is 0. The van der Waals surface area contributed by atoms with Gasteiger partial charge in [0.05, 0.1) is 0 Å². The van der Waals surface area contributed by atoms with E-state index in [0.29, 0.717) is 15.7 Å². The van der Waals surface area contributed by atoms with E-state index in [4.69, 9.17) is 0 Å². The number of amides is 1. The second-order valence-electron chi connectivity index (χ2n) is 4.75. The maximum absolute atomic E-state index is 12.4. The van der Waals surface area contributed by atoms with E-state index in [1.807, 2.05) is 25.1 Å². The minimum atomic E-state index is -2.93. The number of aryl methyl sites for hydroxylation is 1. The maximum atomic E-state index is 12.4. The molecule has 0 aliphatic carbocycles. The molecular weight excluding hydrogens is 368 g/mol. The van der Waals surface area contributed by atoms with E-state index < -0.39 is 6.61 Å². The zero-order valence-electron chi connectivity index (χ0n) is 12.2. The predicted molar refractivity (Wildman–Crippen MR) is 89.6 cm³/mol. The van der Waals surface area contributed by atoms with Crippen molar-refractivity contribution in [2.45, 2.75) is 13.5 Å². The molecule has 2 aromatic rings. The number of ether oxygens (including phenoxy) is 1. The summed E-state index contributed by atoms with van der Waals surface area (Å²) in [5.74, 6) is -0.360. The summed E-state index contributed by atoms with van der Waals surface area (Å²) in [4.78, 5) is 11.9. The Labute approximate surface area is 141 Å². The van der Waals surface area contributed by atoms with Crippen molar-refractivity contribution < 1.29 is 18.3 Å². The van der Waals surface area contributed by atoms with Crippen LogP contribution in [0.3, 0.4) is 0 Å². The van der Waals surface area contributed by atoms with Crippen molar-refractivity contribution in [2.75, 3.05) is 5.32 Å². The third kappa shape index (κ3) is 5.49. The lowest BCUT2D eigenvalue weighted by Crippen LogP contribution is -2.08. The number of benzene rings is 2. The maximum Gasteiger partial charge on any atom is 0.387 e. The number of hydrogen-bond donors (Lipinski definition) is 1. The lowest BCUT2D eigenvalue weighted by molar-refractivity contribution is -0.111. The standard InChI is InChI=1S/C17H14BrF2NO2/c1-11-3-2-4-14(9-11)21-16(22)8-5-12-10-13(18)6-7-15(12)23-17(19)20/h2-10,17H,1H3,(H,21,22)/b8-5+. The Hall–Kier alpha value is -2.21. The third-order valence-electron chi connectivity index (χ3n) is 2.89. The van der Waals surface area contributed by atoms with Gasteiger partial charge in [-0.15, -0.1) is 0 Å². The molecule has 0 saturated heterocycles. The fourth-order valence-corrected chi connectivity index (χ4v) is 2.30. The summed E-state index contributed by atoms with van der Waals surface area (Å²) < 4.78 is 29.9. The molecule has 2 rings (SSSR count). The van der Waals surface area contributed by atoms with Crippen LogP contribution in [0.1, 0.15) is 11.1 Å². The number of halogens is 3. The molecule has 0 unspecified atom stereocenters. The van der Waals surface area contributed by atoms with Crippen LogP contribution >= 0.6 is 15.9 Å². The summed E-state index contributed by atoms with van der Waals surface area (Å²) in [6.07, 6.45) is 2.69. The molecule has 0 radical (unpaired) electrons. The molecule has 120 valence electrons. The van der Waals surface area contributed by atoms with Crippen LogP contribution in [-0.2, 0) is 4.79 Å². The van der Waals surface area contributed by atoms with Gasteiger partial charge in [-0.05, 0) is 48.9 Å². The summed E-state index contributed by atoms with van der Waals surface area (Å²) in [5.41, 5.74) is 2.06. The topological polar surface area (TPSA) is 38.3 Å². The Morgan fingerprint density at radius 3 is 2.74 bits per heavy atom. The second kappa shape index (κ2) is 7.87. The van der Waals surface area contributed by atoms with Crippen molar-refractivity contribution in [2.24, 2.45) is 0 Å². The van der Waals surface area contributed by atoms with Crippen LogP contribution in [0, 0.1) is 6.92 Å². The van der Waals surface area contributed by atoms with E-state index in [2.05, 4.69) is 26.0 Å². The number of nitrogens with one attached hydrogen (secondary N) is 1. The van der Waals surface area contributed by atoms with Crippen LogP contribution in [0.25, 0.3) is 6.08 Å². The minimum absolute atomic E-state index is 0.00260. The van der Waals surface area contributed by atoms with E-state index in [1.165, 1.54) is 18.2 Å². The molecule has 0 aromatic heterocycles. The largest absolute Gasteiger partial charge is 0.434 e. The number of carbonyl (C=O) groups excluding carboxylic acids is 1. The lowest BCUT2D eigenvalue weighted by Gasteiger charge is -2.08. The second-order valence-corrected chi connectivity index (χ2v) is 5.67.